The topological polar surface area (TPSA) is 63.3 Å². The maximum atomic E-state index is 10.7. The molecule has 3 nitrogen and oxygen atoms in total. The number of hydrogen-bond acceptors (Lipinski definition) is 2. The van der Waals surface area contributed by atoms with Gasteiger partial charge in [0.1, 0.15) is 0 Å². The largest absolute Gasteiger partial charge is 0.481 e. The van der Waals surface area contributed by atoms with Gasteiger partial charge in [0.15, 0.2) is 0 Å². The molecule has 0 bridgehead atoms. The summed E-state index contributed by atoms with van der Waals surface area (Å²) in [5.74, 6) is 0.505. The van der Waals surface area contributed by atoms with Crippen LogP contribution in [0, 0.1) is 17.8 Å². The van der Waals surface area contributed by atoms with Crippen LogP contribution in [0.1, 0.15) is 32.1 Å². The van der Waals surface area contributed by atoms with Crippen molar-refractivity contribution >= 4 is 18.4 Å². The van der Waals surface area contributed by atoms with Crippen LogP contribution in [0.25, 0.3) is 0 Å². The van der Waals surface area contributed by atoms with E-state index in [-0.39, 0.29) is 18.3 Å². The van der Waals surface area contributed by atoms with E-state index >= 15 is 0 Å². The zero-order valence-corrected chi connectivity index (χ0v) is 9.00. The first kappa shape index (κ1) is 11.8. The highest BCUT2D eigenvalue weighted by molar-refractivity contribution is 5.85. The van der Waals surface area contributed by atoms with Crippen LogP contribution in [0.5, 0.6) is 0 Å². The summed E-state index contributed by atoms with van der Waals surface area (Å²) in [6.07, 6.45) is 5.39. The zero-order valence-electron chi connectivity index (χ0n) is 8.19. The van der Waals surface area contributed by atoms with Crippen molar-refractivity contribution < 1.29 is 9.90 Å². The molecule has 14 heavy (non-hydrogen) atoms. The van der Waals surface area contributed by atoms with Gasteiger partial charge in [-0.3, -0.25) is 4.79 Å². The van der Waals surface area contributed by atoms with Gasteiger partial charge >= 0.3 is 5.97 Å². The molecule has 0 aromatic carbocycles. The van der Waals surface area contributed by atoms with Gasteiger partial charge in [-0.25, -0.2) is 0 Å². The average molecular weight is 220 g/mol. The summed E-state index contributed by atoms with van der Waals surface area (Å²) in [4.78, 5) is 10.7. The van der Waals surface area contributed by atoms with Crippen molar-refractivity contribution in [3.05, 3.63) is 0 Å². The van der Waals surface area contributed by atoms with E-state index in [1.54, 1.807) is 0 Å². The summed E-state index contributed by atoms with van der Waals surface area (Å²) >= 11 is 0. The van der Waals surface area contributed by atoms with E-state index in [1.807, 2.05) is 0 Å². The van der Waals surface area contributed by atoms with Crippen LogP contribution >= 0.6 is 12.4 Å². The first-order valence-electron chi connectivity index (χ1n) is 5.17. The van der Waals surface area contributed by atoms with Crippen molar-refractivity contribution in [3.63, 3.8) is 0 Å². The minimum atomic E-state index is -0.597. The van der Waals surface area contributed by atoms with Crippen molar-refractivity contribution in [3.8, 4) is 0 Å². The number of carboxylic acid groups (broad SMARTS) is 1. The Balaban J connectivity index is 0.000000980. The molecule has 2 atom stereocenters. The number of carbonyl (C=O) groups is 1. The van der Waals surface area contributed by atoms with Gasteiger partial charge in [-0.05, 0) is 43.9 Å². The second-order valence-electron chi connectivity index (χ2n) is 4.52. The quantitative estimate of drug-likeness (QED) is 0.742. The van der Waals surface area contributed by atoms with Gasteiger partial charge in [-0.2, -0.15) is 0 Å². The Hall–Kier alpha value is -0.280. The summed E-state index contributed by atoms with van der Waals surface area (Å²) < 4.78 is 0. The third kappa shape index (κ3) is 2.39. The van der Waals surface area contributed by atoms with Crippen LogP contribution in [0.2, 0.25) is 0 Å². The van der Waals surface area contributed by atoms with Crippen LogP contribution in [0.15, 0.2) is 0 Å². The molecule has 0 radical (unpaired) electrons. The number of rotatable bonds is 2. The van der Waals surface area contributed by atoms with Crippen LogP contribution in [-0.4, -0.2) is 17.1 Å². The number of nitrogens with two attached hydrogens (primary N) is 1. The monoisotopic (exact) mass is 219 g/mol. The molecule has 2 aliphatic rings. The molecule has 2 fully saturated rings. The van der Waals surface area contributed by atoms with Gasteiger partial charge < -0.3 is 10.8 Å². The van der Waals surface area contributed by atoms with Crippen molar-refractivity contribution in [1.82, 2.24) is 0 Å². The van der Waals surface area contributed by atoms with Crippen molar-refractivity contribution in [2.24, 2.45) is 23.5 Å². The standard InChI is InChI=1S/C10H17NO2.ClH/c11-7-3-1-6(2-4-7)8-5-9(8)10(12)13;/h6-9H,1-5,11H2,(H,12,13);1H. The SMILES string of the molecule is Cl.NC1CCC(C2CC2C(=O)O)CC1. The molecule has 2 rings (SSSR count). The molecule has 2 unspecified atom stereocenters. The zero-order chi connectivity index (χ0) is 9.42. The van der Waals surface area contributed by atoms with Gasteiger partial charge in [0.25, 0.3) is 0 Å². The summed E-state index contributed by atoms with van der Waals surface area (Å²) in [7, 11) is 0. The molecular formula is C10H18ClNO2. The van der Waals surface area contributed by atoms with Crippen molar-refractivity contribution in [2.75, 3.05) is 0 Å². The Morgan fingerprint density at radius 2 is 1.79 bits per heavy atom. The van der Waals surface area contributed by atoms with E-state index < -0.39 is 5.97 Å². The lowest BCUT2D eigenvalue weighted by atomic mass is 9.83. The lowest BCUT2D eigenvalue weighted by Gasteiger charge is -2.25. The fraction of sp³-hybridized carbons (Fsp3) is 0.900. The van der Waals surface area contributed by atoms with Crippen molar-refractivity contribution in [2.45, 2.75) is 38.1 Å². The fourth-order valence-corrected chi connectivity index (χ4v) is 2.59. The smallest absolute Gasteiger partial charge is 0.306 e. The normalized spacial score (nSPS) is 41.2. The van der Waals surface area contributed by atoms with Crippen LogP contribution in [0.3, 0.4) is 0 Å². The minimum absolute atomic E-state index is 0. The molecule has 0 aromatic heterocycles. The summed E-state index contributed by atoms with van der Waals surface area (Å²) in [5.41, 5.74) is 5.80. The van der Waals surface area contributed by atoms with E-state index in [0.717, 1.165) is 32.1 Å². The van der Waals surface area contributed by atoms with Gasteiger partial charge in [0, 0.05) is 6.04 Å². The highest BCUT2D eigenvalue weighted by Gasteiger charge is 2.47. The van der Waals surface area contributed by atoms with Gasteiger partial charge in [0.2, 0.25) is 0 Å². The highest BCUT2D eigenvalue weighted by atomic mass is 35.5. The van der Waals surface area contributed by atoms with Gasteiger partial charge in [-0.15, -0.1) is 12.4 Å². The Kier molecular flexibility index (Phi) is 3.78. The van der Waals surface area contributed by atoms with E-state index in [0.29, 0.717) is 17.9 Å². The molecule has 0 amide bonds. The minimum Gasteiger partial charge on any atom is -0.481 e. The van der Waals surface area contributed by atoms with E-state index in [4.69, 9.17) is 10.8 Å². The molecule has 0 aromatic rings. The maximum Gasteiger partial charge on any atom is 0.306 e. The predicted octanol–water partition coefficient (Wildman–Crippen LogP) is 1.65. The lowest BCUT2D eigenvalue weighted by molar-refractivity contribution is -0.139. The Morgan fingerprint density at radius 3 is 2.21 bits per heavy atom. The molecule has 0 spiro atoms. The van der Waals surface area contributed by atoms with E-state index in [1.165, 1.54) is 0 Å². The summed E-state index contributed by atoms with van der Waals surface area (Å²) in [6, 6.07) is 0.373. The van der Waals surface area contributed by atoms with Crippen LogP contribution < -0.4 is 5.73 Å². The maximum absolute atomic E-state index is 10.7. The number of carboxylic acids is 1. The van der Waals surface area contributed by atoms with Crippen LogP contribution in [0.4, 0.5) is 0 Å². The Labute approximate surface area is 90.5 Å². The number of halogens is 1. The Bertz CT molecular complexity index is 214. The molecule has 82 valence electrons. The lowest BCUT2D eigenvalue weighted by Crippen LogP contribution is -2.27. The first-order valence-corrected chi connectivity index (χ1v) is 5.17. The summed E-state index contributed by atoms with van der Waals surface area (Å²) in [6.45, 7) is 0. The van der Waals surface area contributed by atoms with Crippen LogP contribution in [-0.2, 0) is 4.79 Å². The second kappa shape index (κ2) is 4.49. The fourth-order valence-electron chi connectivity index (χ4n) is 2.59. The number of aliphatic carboxylic acids is 1. The molecular weight excluding hydrogens is 202 g/mol. The Morgan fingerprint density at radius 1 is 1.21 bits per heavy atom. The van der Waals surface area contributed by atoms with Gasteiger partial charge in [-0.1, -0.05) is 0 Å². The number of hydrogen-bond donors (Lipinski definition) is 2. The molecule has 0 heterocycles. The van der Waals surface area contributed by atoms with E-state index in [9.17, 15) is 4.79 Å². The molecule has 2 saturated carbocycles. The molecule has 2 aliphatic carbocycles. The third-order valence-electron chi connectivity index (χ3n) is 3.58. The molecule has 4 heteroatoms. The van der Waals surface area contributed by atoms with E-state index in [2.05, 4.69) is 0 Å². The van der Waals surface area contributed by atoms with Gasteiger partial charge in [0.05, 0.1) is 5.92 Å². The average Bonchev–Trinajstić information content (AvgIpc) is 2.85. The molecule has 3 N–H and O–H groups in total. The first-order chi connectivity index (χ1) is 6.18. The summed E-state index contributed by atoms with van der Waals surface area (Å²) in [5, 5.41) is 8.78. The molecule has 0 saturated heterocycles. The second-order valence-corrected chi connectivity index (χ2v) is 4.52. The predicted molar refractivity (Wildman–Crippen MR) is 56.4 cm³/mol. The third-order valence-corrected chi connectivity index (χ3v) is 3.58. The van der Waals surface area contributed by atoms with Crippen molar-refractivity contribution in [1.29, 1.82) is 0 Å². The highest BCUT2D eigenvalue weighted by Crippen LogP contribution is 2.49. The molecule has 0 aliphatic heterocycles.